The second-order valence-corrected chi connectivity index (χ2v) is 11.8. The summed E-state index contributed by atoms with van der Waals surface area (Å²) in [7, 11) is 0. The van der Waals surface area contributed by atoms with Gasteiger partial charge in [0.05, 0.1) is 17.9 Å². The van der Waals surface area contributed by atoms with Crippen LogP contribution in [0.2, 0.25) is 0 Å². The first-order valence-electron chi connectivity index (χ1n) is 14.2. The van der Waals surface area contributed by atoms with Gasteiger partial charge in [-0.05, 0) is 44.9 Å². The van der Waals surface area contributed by atoms with E-state index in [0.717, 1.165) is 34.5 Å². The van der Waals surface area contributed by atoms with Crippen molar-refractivity contribution in [3.8, 4) is 5.75 Å². The highest BCUT2D eigenvalue weighted by atomic mass is 19.1. The highest BCUT2D eigenvalue weighted by molar-refractivity contribution is 5.76. The third-order valence-electron chi connectivity index (χ3n) is 7.53. The van der Waals surface area contributed by atoms with Gasteiger partial charge in [0.25, 0.3) is 0 Å². The Kier molecular flexibility index (Phi) is 8.15. The molecule has 9 nitrogen and oxygen atoms in total. The third-order valence-corrected chi connectivity index (χ3v) is 7.53. The Bertz CT molecular complexity index is 1350. The van der Waals surface area contributed by atoms with Crippen molar-refractivity contribution in [2.24, 2.45) is 0 Å². The first-order valence-corrected chi connectivity index (χ1v) is 14.2. The fraction of sp³-hybridized carbons (Fsp3) is 0.533. The van der Waals surface area contributed by atoms with Crippen molar-refractivity contribution in [2.75, 3.05) is 37.6 Å². The van der Waals surface area contributed by atoms with Gasteiger partial charge in [0.2, 0.25) is 5.91 Å². The standard InChI is InChI=1S/C30H37F2N5O4/c1-19(38)37-16-11-24-25(18-37)33-27(20-7-12-36(13-8-20)29(39)41-30(2,3)4)28(34-24)35-14-9-22(10-15-35)40-26-6-5-21(31)17-23(26)32/h5-7,17,22H,8-16,18H2,1-4H3. The third kappa shape index (κ3) is 6.77. The molecule has 0 unspecified atom stereocenters. The molecule has 5 rings (SSSR count). The minimum Gasteiger partial charge on any atom is -0.487 e. The van der Waals surface area contributed by atoms with E-state index >= 15 is 0 Å². The van der Waals surface area contributed by atoms with Crippen LogP contribution in [0.1, 0.15) is 64.0 Å². The highest BCUT2D eigenvalue weighted by Gasteiger charge is 2.31. The number of hydrogen-bond acceptors (Lipinski definition) is 7. The zero-order valence-electron chi connectivity index (χ0n) is 24.1. The largest absolute Gasteiger partial charge is 0.487 e. The first-order chi connectivity index (χ1) is 19.5. The molecule has 2 amide bonds. The number of piperidine rings is 1. The van der Waals surface area contributed by atoms with E-state index in [9.17, 15) is 18.4 Å². The molecule has 0 saturated carbocycles. The van der Waals surface area contributed by atoms with Crippen LogP contribution < -0.4 is 9.64 Å². The van der Waals surface area contributed by atoms with Crippen LogP contribution >= 0.6 is 0 Å². The minimum absolute atomic E-state index is 0.00706. The normalized spacial score (nSPS) is 18.1. The van der Waals surface area contributed by atoms with Crippen LogP contribution in [0.3, 0.4) is 0 Å². The topological polar surface area (TPSA) is 88.1 Å². The molecule has 2 aromatic rings. The smallest absolute Gasteiger partial charge is 0.410 e. The quantitative estimate of drug-likeness (QED) is 0.526. The van der Waals surface area contributed by atoms with Gasteiger partial charge in [-0.1, -0.05) is 6.08 Å². The van der Waals surface area contributed by atoms with Gasteiger partial charge in [-0.3, -0.25) is 4.79 Å². The molecule has 3 aliphatic rings. The van der Waals surface area contributed by atoms with Gasteiger partial charge in [-0.2, -0.15) is 0 Å². The molecule has 1 aromatic heterocycles. The predicted molar refractivity (Wildman–Crippen MR) is 149 cm³/mol. The summed E-state index contributed by atoms with van der Waals surface area (Å²) in [5.41, 5.74) is 2.88. The van der Waals surface area contributed by atoms with Crippen LogP contribution in [-0.4, -0.2) is 76.2 Å². The average Bonchev–Trinajstić information content (AvgIpc) is 2.93. The molecule has 4 heterocycles. The molecule has 41 heavy (non-hydrogen) atoms. The Hall–Kier alpha value is -3.76. The van der Waals surface area contributed by atoms with E-state index in [1.165, 1.54) is 12.1 Å². The van der Waals surface area contributed by atoms with E-state index < -0.39 is 17.2 Å². The van der Waals surface area contributed by atoms with Crippen LogP contribution in [0.4, 0.5) is 19.4 Å². The first kappa shape index (κ1) is 28.8. The molecule has 220 valence electrons. The maximum Gasteiger partial charge on any atom is 0.410 e. The SMILES string of the molecule is CC(=O)N1CCc2nc(N3CCC(Oc4ccc(F)cc4F)CC3)c(C3=CCN(C(=O)OC(C)(C)C)CC3)nc2C1. The lowest BCUT2D eigenvalue weighted by molar-refractivity contribution is -0.129. The zero-order valence-corrected chi connectivity index (χ0v) is 24.1. The number of rotatable bonds is 4. The molecule has 0 radical (unpaired) electrons. The monoisotopic (exact) mass is 569 g/mol. The number of hydrogen-bond donors (Lipinski definition) is 0. The number of benzene rings is 1. The molecule has 0 aliphatic carbocycles. The second kappa shape index (κ2) is 11.6. The number of halogens is 2. The summed E-state index contributed by atoms with van der Waals surface area (Å²) < 4.78 is 38.8. The van der Waals surface area contributed by atoms with E-state index in [2.05, 4.69) is 4.90 Å². The molecule has 0 atom stereocenters. The Balaban J connectivity index is 1.36. The summed E-state index contributed by atoms with van der Waals surface area (Å²) in [5.74, 6) is -0.507. The van der Waals surface area contributed by atoms with Gasteiger partial charge in [0.15, 0.2) is 17.4 Å². The van der Waals surface area contributed by atoms with Crippen molar-refractivity contribution in [2.45, 2.75) is 71.6 Å². The van der Waals surface area contributed by atoms with E-state index in [4.69, 9.17) is 19.4 Å². The number of amides is 2. The Morgan fingerprint density at radius 1 is 0.976 bits per heavy atom. The fourth-order valence-corrected chi connectivity index (χ4v) is 5.34. The second-order valence-electron chi connectivity index (χ2n) is 11.8. The summed E-state index contributed by atoms with van der Waals surface area (Å²) in [6, 6.07) is 3.34. The van der Waals surface area contributed by atoms with Gasteiger partial charge < -0.3 is 24.2 Å². The average molecular weight is 570 g/mol. The van der Waals surface area contributed by atoms with E-state index in [-0.39, 0.29) is 23.9 Å². The van der Waals surface area contributed by atoms with Crippen molar-refractivity contribution in [1.82, 2.24) is 19.8 Å². The summed E-state index contributed by atoms with van der Waals surface area (Å²) in [4.78, 5) is 40.4. The van der Waals surface area contributed by atoms with Gasteiger partial charge in [-0.15, -0.1) is 0 Å². The lowest BCUT2D eigenvalue weighted by Crippen LogP contribution is -2.41. The van der Waals surface area contributed by atoms with E-state index in [1.807, 2.05) is 26.8 Å². The molecular formula is C30H37F2N5O4. The number of nitrogens with zero attached hydrogens (tertiary/aromatic N) is 5. The number of carbonyl (C=O) groups is 2. The molecule has 0 bridgehead atoms. The molecule has 0 spiro atoms. The summed E-state index contributed by atoms with van der Waals surface area (Å²) in [6.07, 6.45) is 3.95. The molecule has 1 fully saturated rings. The molecule has 1 aromatic carbocycles. The summed E-state index contributed by atoms with van der Waals surface area (Å²) in [5, 5.41) is 0. The summed E-state index contributed by atoms with van der Waals surface area (Å²) >= 11 is 0. The van der Waals surface area contributed by atoms with E-state index in [0.29, 0.717) is 65.0 Å². The number of fused-ring (bicyclic) bond motifs is 1. The zero-order chi connectivity index (χ0) is 29.3. The fourth-order valence-electron chi connectivity index (χ4n) is 5.34. The van der Waals surface area contributed by atoms with Gasteiger partial charge in [0, 0.05) is 65.0 Å². The van der Waals surface area contributed by atoms with Crippen molar-refractivity contribution < 1.29 is 27.8 Å². The van der Waals surface area contributed by atoms with Crippen molar-refractivity contribution in [3.63, 3.8) is 0 Å². The van der Waals surface area contributed by atoms with Gasteiger partial charge >= 0.3 is 6.09 Å². The summed E-state index contributed by atoms with van der Waals surface area (Å²) in [6.45, 7) is 10.3. The van der Waals surface area contributed by atoms with Crippen LogP contribution in [0, 0.1) is 11.6 Å². The Morgan fingerprint density at radius 3 is 2.34 bits per heavy atom. The Morgan fingerprint density at radius 2 is 1.71 bits per heavy atom. The minimum atomic E-state index is -0.709. The van der Waals surface area contributed by atoms with Crippen molar-refractivity contribution in [1.29, 1.82) is 0 Å². The number of anilines is 1. The Labute approximate surface area is 239 Å². The maximum absolute atomic E-state index is 14.1. The molecule has 1 saturated heterocycles. The highest BCUT2D eigenvalue weighted by Crippen LogP contribution is 2.33. The lowest BCUT2D eigenvalue weighted by atomic mass is 10.0. The van der Waals surface area contributed by atoms with Crippen molar-refractivity contribution in [3.05, 3.63) is 53.0 Å². The molecular weight excluding hydrogens is 532 g/mol. The maximum atomic E-state index is 14.1. The number of aromatic nitrogens is 2. The number of ether oxygens (including phenoxy) is 2. The lowest BCUT2D eigenvalue weighted by Gasteiger charge is -2.36. The van der Waals surface area contributed by atoms with Crippen LogP contribution in [0.15, 0.2) is 24.3 Å². The van der Waals surface area contributed by atoms with E-state index in [1.54, 1.807) is 16.7 Å². The van der Waals surface area contributed by atoms with Gasteiger partial charge in [0.1, 0.15) is 23.2 Å². The van der Waals surface area contributed by atoms with Crippen LogP contribution in [-0.2, 0) is 22.5 Å². The van der Waals surface area contributed by atoms with Crippen LogP contribution in [0.25, 0.3) is 5.57 Å². The van der Waals surface area contributed by atoms with Gasteiger partial charge in [-0.25, -0.2) is 23.5 Å². The molecule has 3 aliphatic heterocycles. The number of carbonyl (C=O) groups excluding carboxylic acids is 2. The molecule has 11 heteroatoms. The van der Waals surface area contributed by atoms with Crippen molar-refractivity contribution >= 4 is 23.4 Å². The molecule has 0 N–H and O–H groups in total. The predicted octanol–water partition coefficient (Wildman–Crippen LogP) is 4.73. The van der Waals surface area contributed by atoms with Crippen LogP contribution in [0.5, 0.6) is 5.75 Å².